The quantitative estimate of drug-likeness (QED) is 0.670. The Balaban J connectivity index is 2.17. The molecule has 0 bridgehead atoms. The van der Waals surface area contributed by atoms with Gasteiger partial charge in [-0.15, -0.1) is 0 Å². The summed E-state index contributed by atoms with van der Waals surface area (Å²) in [6.45, 7) is -0.0453. The Kier molecular flexibility index (Phi) is 4.79. The lowest BCUT2D eigenvalue weighted by Crippen LogP contribution is -2.23. The maximum absolute atomic E-state index is 14.2. The van der Waals surface area contributed by atoms with Gasteiger partial charge in [0.2, 0.25) is 5.95 Å². The third-order valence-electron chi connectivity index (χ3n) is 3.68. The van der Waals surface area contributed by atoms with Gasteiger partial charge in [-0.25, -0.2) is 22.2 Å². The molecule has 0 aromatic carbocycles. The van der Waals surface area contributed by atoms with Gasteiger partial charge in [-0.1, -0.05) is 0 Å². The molecule has 0 spiro atoms. The fourth-order valence-electron chi connectivity index (χ4n) is 2.41. The van der Waals surface area contributed by atoms with Crippen molar-refractivity contribution in [2.45, 2.75) is 11.4 Å². The Hall–Kier alpha value is -2.72. The van der Waals surface area contributed by atoms with Gasteiger partial charge in [0.15, 0.2) is 0 Å². The van der Waals surface area contributed by atoms with Crippen LogP contribution in [-0.2, 0) is 16.6 Å². The van der Waals surface area contributed by atoms with Gasteiger partial charge >= 0.3 is 6.09 Å². The molecular weight excluding hydrogens is 381 g/mol. The van der Waals surface area contributed by atoms with Crippen LogP contribution in [0.1, 0.15) is 5.56 Å². The Morgan fingerprint density at radius 2 is 2.19 bits per heavy atom. The molecule has 0 aliphatic rings. The second-order valence-electron chi connectivity index (χ2n) is 5.47. The van der Waals surface area contributed by atoms with Crippen LogP contribution in [0.3, 0.4) is 0 Å². The summed E-state index contributed by atoms with van der Waals surface area (Å²) in [4.78, 5) is 15.7. The first kappa shape index (κ1) is 18.1. The Labute approximate surface area is 153 Å². The Morgan fingerprint density at radius 1 is 1.42 bits per heavy atom. The molecule has 10 heteroatoms. The van der Waals surface area contributed by atoms with Crippen molar-refractivity contribution in [1.82, 2.24) is 13.9 Å². The molecular formula is C16H14FN3O4S2. The minimum atomic E-state index is -3.96. The average Bonchev–Trinajstić information content (AvgIpc) is 3.25. The van der Waals surface area contributed by atoms with Crippen molar-refractivity contribution in [2.24, 2.45) is 0 Å². The number of halogens is 1. The summed E-state index contributed by atoms with van der Waals surface area (Å²) >= 11 is 1.22. The zero-order valence-corrected chi connectivity index (χ0v) is 15.2. The molecule has 0 saturated carbocycles. The Morgan fingerprint density at radius 3 is 2.81 bits per heavy atom. The van der Waals surface area contributed by atoms with Crippen molar-refractivity contribution < 1.29 is 22.7 Å². The van der Waals surface area contributed by atoms with E-state index < -0.39 is 22.1 Å². The highest BCUT2D eigenvalue weighted by molar-refractivity contribution is 7.90. The maximum Gasteiger partial charge on any atom is 0.407 e. The third-order valence-corrected chi connectivity index (χ3v) is 6.18. The Bertz CT molecular complexity index is 1050. The van der Waals surface area contributed by atoms with Crippen LogP contribution in [0, 0.1) is 5.95 Å². The predicted octanol–water partition coefficient (Wildman–Crippen LogP) is 3.10. The highest BCUT2D eigenvalue weighted by Crippen LogP contribution is 2.29. The van der Waals surface area contributed by atoms with Crippen molar-refractivity contribution in [3.63, 3.8) is 0 Å². The first-order valence-corrected chi connectivity index (χ1v) is 9.73. The molecule has 0 saturated heterocycles. The number of hydrogen-bond acceptors (Lipinski definition) is 5. The summed E-state index contributed by atoms with van der Waals surface area (Å²) in [5.41, 5.74) is 0.498. The van der Waals surface area contributed by atoms with E-state index in [2.05, 4.69) is 4.98 Å². The van der Waals surface area contributed by atoms with E-state index in [1.165, 1.54) is 60.4 Å². The zero-order chi connectivity index (χ0) is 18.9. The fourth-order valence-corrected chi connectivity index (χ4v) is 4.82. The van der Waals surface area contributed by atoms with Crippen LogP contribution >= 0.6 is 11.3 Å². The number of rotatable bonds is 5. The molecule has 0 radical (unpaired) electrons. The number of thiophene rings is 1. The summed E-state index contributed by atoms with van der Waals surface area (Å²) in [7, 11) is -2.60. The molecule has 0 fully saturated rings. The summed E-state index contributed by atoms with van der Waals surface area (Å²) in [6.07, 6.45) is 1.40. The standard InChI is InChI=1S/C16H14FN3O4S2/c1-19(16(21)22)8-11-7-14(13-3-2-5-18-15(13)17)20(9-11)26(23,24)12-4-6-25-10-12/h2-7,9-10H,8H2,1H3,(H,21,22). The molecule has 0 unspecified atom stereocenters. The summed E-state index contributed by atoms with van der Waals surface area (Å²) in [5, 5.41) is 12.1. The molecule has 0 aliphatic heterocycles. The van der Waals surface area contributed by atoms with Gasteiger partial charge in [0.1, 0.15) is 0 Å². The van der Waals surface area contributed by atoms with Crippen molar-refractivity contribution >= 4 is 27.5 Å². The predicted molar refractivity (Wildman–Crippen MR) is 94.0 cm³/mol. The van der Waals surface area contributed by atoms with Gasteiger partial charge in [0.05, 0.1) is 22.7 Å². The van der Waals surface area contributed by atoms with Gasteiger partial charge < -0.3 is 10.0 Å². The molecule has 1 amide bonds. The maximum atomic E-state index is 14.2. The van der Waals surface area contributed by atoms with E-state index in [4.69, 9.17) is 5.11 Å². The van der Waals surface area contributed by atoms with Crippen molar-refractivity contribution in [1.29, 1.82) is 0 Å². The van der Waals surface area contributed by atoms with E-state index in [0.717, 1.165) is 8.87 Å². The monoisotopic (exact) mass is 395 g/mol. The van der Waals surface area contributed by atoms with Crippen LogP contribution in [0.15, 0.2) is 52.3 Å². The van der Waals surface area contributed by atoms with E-state index >= 15 is 0 Å². The summed E-state index contributed by atoms with van der Waals surface area (Å²) < 4.78 is 41.0. The van der Waals surface area contributed by atoms with Crippen LogP contribution < -0.4 is 0 Å². The van der Waals surface area contributed by atoms with Crippen molar-refractivity contribution in [3.05, 3.63) is 58.9 Å². The van der Waals surface area contributed by atoms with Crippen LogP contribution in [0.2, 0.25) is 0 Å². The summed E-state index contributed by atoms with van der Waals surface area (Å²) in [5.74, 6) is -0.814. The molecule has 7 nitrogen and oxygen atoms in total. The van der Waals surface area contributed by atoms with Crippen LogP contribution in [0.4, 0.5) is 9.18 Å². The number of carboxylic acid groups (broad SMARTS) is 1. The second-order valence-corrected chi connectivity index (χ2v) is 8.07. The normalized spacial score (nSPS) is 11.5. The zero-order valence-electron chi connectivity index (χ0n) is 13.5. The molecule has 0 aliphatic carbocycles. The van der Waals surface area contributed by atoms with Crippen molar-refractivity contribution in [2.75, 3.05) is 7.05 Å². The van der Waals surface area contributed by atoms with Gasteiger partial charge in [0, 0.05) is 24.8 Å². The first-order valence-electron chi connectivity index (χ1n) is 7.34. The molecule has 1 N–H and O–H groups in total. The lowest BCUT2D eigenvalue weighted by Gasteiger charge is -2.11. The van der Waals surface area contributed by atoms with Gasteiger partial charge in [-0.2, -0.15) is 15.7 Å². The highest BCUT2D eigenvalue weighted by Gasteiger charge is 2.24. The highest BCUT2D eigenvalue weighted by atomic mass is 32.2. The van der Waals surface area contributed by atoms with Crippen molar-refractivity contribution in [3.8, 4) is 11.3 Å². The molecule has 3 heterocycles. The van der Waals surface area contributed by atoms with Gasteiger partial charge in [-0.05, 0) is 35.2 Å². The number of nitrogens with zero attached hydrogens (tertiary/aromatic N) is 3. The lowest BCUT2D eigenvalue weighted by molar-refractivity contribution is 0.154. The molecule has 3 aromatic rings. The van der Waals surface area contributed by atoms with E-state index in [9.17, 15) is 17.6 Å². The van der Waals surface area contributed by atoms with E-state index in [1.807, 2.05) is 0 Å². The number of pyridine rings is 1. The number of aromatic nitrogens is 2. The molecule has 136 valence electrons. The fraction of sp³-hybridized carbons (Fsp3) is 0.125. The SMILES string of the molecule is CN(Cc1cc(-c2cccnc2F)n(S(=O)(=O)c2ccsc2)c1)C(=O)O. The smallest absolute Gasteiger partial charge is 0.407 e. The minimum absolute atomic E-state index is 0.00975. The topological polar surface area (TPSA) is 92.5 Å². The first-order chi connectivity index (χ1) is 12.3. The molecule has 3 aromatic heterocycles. The number of hydrogen-bond donors (Lipinski definition) is 1. The average molecular weight is 395 g/mol. The largest absolute Gasteiger partial charge is 0.465 e. The van der Waals surface area contributed by atoms with Gasteiger partial charge in [0.25, 0.3) is 10.0 Å². The second kappa shape index (κ2) is 6.89. The van der Waals surface area contributed by atoms with E-state index in [1.54, 1.807) is 5.38 Å². The number of carbonyl (C=O) groups is 1. The minimum Gasteiger partial charge on any atom is -0.465 e. The summed E-state index contributed by atoms with van der Waals surface area (Å²) in [6, 6.07) is 5.81. The molecule has 26 heavy (non-hydrogen) atoms. The number of amides is 1. The van der Waals surface area contributed by atoms with E-state index in [0.29, 0.717) is 5.56 Å². The van der Waals surface area contributed by atoms with Crippen LogP contribution in [-0.4, -0.2) is 40.5 Å². The van der Waals surface area contributed by atoms with Gasteiger partial charge in [-0.3, -0.25) is 0 Å². The third kappa shape index (κ3) is 3.33. The lowest BCUT2D eigenvalue weighted by atomic mass is 10.2. The van der Waals surface area contributed by atoms with Crippen LogP contribution in [0.5, 0.6) is 0 Å². The molecule has 0 atom stereocenters. The molecule has 3 rings (SSSR count). The van der Waals surface area contributed by atoms with E-state index in [-0.39, 0.29) is 22.7 Å². The van der Waals surface area contributed by atoms with Crippen LogP contribution in [0.25, 0.3) is 11.3 Å².